The van der Waals surface area contributed by atoms with Gasteiger partial charge in [0.1, 0.15) is 6.07 Å². The highest BCUT2D eigenvalue weighted by Crippen LogP contribution is 2.50. The van der Waals surface area contributed by atoms with Gasteiger partial charge in [0.05, 0.1) is 5.56 Å². The number of aromatic nitrogens is 1. The summed E-state index contributed by atoms with van der Waals surface area (Å²) in [6, 6.07) is 16.6. The molecule has 0 fully saturated rings. The van der Waals surface area contributed by atoms with E-state index in [0.717, 1.165) is 24.0 Å². The van der Waals surface area contributed by atoms with Gasteiger partial charge < -0.3 is 10.1 Å². The first kappa shape index (κ1) is 21.5. The fourth-order valence-electron chi connectivity index (χ4n) is 5.26. The van der Waals surface area contributed by atoms with Crippen LogP contribution in [0.25, 0.3) is 10.9 Å². The highest BCUT2D eigenvalue weighted by Gasteiger charge is 2.58. The second-order valence-corrected chi connectivity index (χ2v) is 8.66. The maximum absolute atomic E-state index is 14.4. The number of para-hydroxylation sites is 1. The van der Waals surface area contributed by atoms with Crippen LogP contribution in [-0.4, -0.2) is 21.9 Å². The number of nitrogens with one attached hydrogen (secondary N) is 1. The van der Waals surface area contributed by atoms with Crippen molar-refractivity contribution in [3.05, 3.63) is 70.9 Å². The van der Waals surface area contributed by atoms with Crippen molar-refractivity contribution in [3.8, 4) is 6.07 Å². The number of fused-ring (bicyclic) bond motifs is 2. The smallest absolute Gasteiger partial charge is 0.380 e. The zero-order chi connectivity index (χ0) is 22.3. The van der Waals surface area contributed by atoms with E-state index in [1.54, 1.807) is 24.3 Å². The Kier molecular flexibility index (Phi) is 5.35. The van der Waals surface area contributed by atoms with Gasteiger partial charge in [-0.05, 0) is 54.7 Å². The van der Waals surface area contributed by atoms with Gasteiger partial charge in [-0.15, -0.1) is 0 Å². The van der Waals surface area contributed by atoms with Crippen LogP contribution in [0, 0.1) is 11.3 Å². The predicted octanol–water partition coefficient (Wildman–Crippen LogP) is 5.95. The van der Waals surface area contributed by atoms with Gasteiger partial charge in [0.15, 0.2) is 5.60 Å². The van der Waals surface area contributed by atoms with Crippen molar-refractivity contribution in [2.75, 3.05) is 0 Å². The molecule has 0 saturated heterocycles. The first-order valence-corrected chi connectivity index (χ1v) is 10.6. The number of nitriles is 1. The summed E-state index contributed by atoms with van der Waals surface area (Å²) in [6.45, 7) is 1.89. The van der Waals surface area contributed by atoms with Crippen LogP contribution in [0.15, 0.2) is 48.5 Å². The Labute approximate surface area is 179 Å². The van der Waals surface area contributed by atoms with E-state index in [2.05, 4.69) is 4.98 Å². The minimum absolute atomic E-state index is 0.124. The van der Waals surface area contributed by atoms with Gasteiger partial charge in [-0.3, -0.25) is 0 Å². The first-order valence-electron chi connectivity index (χ1n) is 10.6. The Bertz CT molecular complexity index is 1140. The second-order valence-electron chi connectivity index (χ2n) is 8.66. The molecule has 0 saturated carbocycles. The molecule has 6 heteroatoms. The zero-order valence-electron chi connectivity index (χ0n) is 17.4. The third-order valence-electron chi connectivity index (χ3n) is 6.89. The molecule has 2 N–H and O–H groups in total. The number of nitrogens with zero attached hydrogens (tertiary/aromatic N) is 1. The van der Waals surface area contributed by atoms with Crippen LogP contribution < -0.4 is 0 Å². The number of aliphatic hydroxyl groups is 1. The Morgan fingerprint density at radius 2 is 1.84 bits per heavy atom. The van der Waals surface area contributed by atoms with Gasteiger partial charge in [0.25, 0.3) is 0 Å². The highest BCUT2D eigenvalue weighted by atomic mass is 19.4. The van der Waals surface area contributed by atoms with Crippen molar-refractivity contribution >= 4 is 10.9 Å². The summed E-state index contributed by atoms with van der Waals surface area (Å²) < 4.78 is 43.1. The molecule has 3 aromatic rings. The molecule has 31 heavy (non-hydrogen) atoms. The van der Waals surface area contributed by atoms with E-state index in [-0.39, 0.29) is 11.3 Å². The van der Waals surface area contributed by atoms with Crippen molar-refractivity contribution in [1.29, 1.82) is 5.26 Å². The predicted molar refractivity (Wildman–Crippen MR) is 114 cm³/mol. The van der Waals surface area contributed by atoms with Crippen LogP contribution in [0.4, 0.5) is 13.2 Å². The quantitative estimate of drug-likeness (QED) is 0.530. The molecule has 1 aromatic heterocycles. The largest absolute Gasteiger partial charge is 0.417 e. The first-order chi connectivity index (χ1) is 14.7. The third-order valence-corrected chi connectivity index (χ3v) is 6.89. The minimum atomic E-state index is -4.84. The fraction of sp³-hybridized carbons (Fsp3) is 0.400. The monoisotopic (exact) mass is 426 g/mol. The third kappa shape index (κ3) is 3.61. The minimum Gasteiger partial charge on any atom is -0.380 e. The standard InChI is InChI=1S/C25H25F3N2O/c1-2-23(13-7-9-17-8-3-5-11-20(17)23)16-24(31,25(26,27)28)14-22-19(15-29)18-10-4-6-12-21(18)30-22/h3-6,8,10-12,30-31H,2,7,9,13-14,16H2,1H3. The Morgan fingerprint density at radius 3 is 2.55 bits per heavy atom. The number of halogens is 3. The lowest BCUT2D eigenvalue weighted by molar-refractivity contribution is -0.267. The molecule has 0 radical (unpaired) electrons. The van der Waals surface area contributed by atoms with Crippen molar-refractivity contribution in [1.82, 2.24) is 4.98 Å². The zero-order valence-corrected chi connectivity index (χ0v) is 17.4. The average molecular weight is 426 g/mol. The summed E-state index contributed by atoms with van der Waals surface area (Å²) in [6.07, 6.45) is -3.24. The van der Waals surface area contributed by atoms with Gasteiger partial charge >= 0.3 is 6.18 Å². The van der Waals surface area contributed by atoms with Crippen molar-refractivity contribution in [2.45, 2.75) is 62.6 Å². The maximum atomic E-state index is 14.4. The summed E-state index contributed by atoms with van der Waals surface area (Å²) in [7, 11) is 0. The van der Waals surface area contributed by atoms with Crippen molar-refractivity contribution < 1.29 is 18.3 Å². The molecule has 162 valence electrons. The van der Waals surface area contributed by atoms with Gasteiger partial charge in [0, 0.05) is 23.0 Å². The van der Waals surface area contributed by atoms with Crippen LogP contribution in [0.3, 0.4) is 0 Å². The number of hydrogen-bond acceptors (Lipinski definition) is 2. The van der Waals surface area contributed by atoms with E-state index in [9.17, 15) is 23.5 Å². The Morgan fingerprint density at radius 1 is 1.13 bits per heavy atom. The van der Waals surface area contributed by atoms with E-state index >= 15 is 0 Å². The Hall–Kier alpha value is -2.78. The highest BCUT2D eigenvalue weighted by molar-refractivity contribution is 5.87. The molecule has 0 bridgehead atoms. The molecule has 4 rings (SSSR count). The van der Waals surface area contributed by atoms with Crippen LogP contribution in [0.2, 0.25) is 0 Å². The molecule has 0 amide bonds. The molecule has 2 unspecified atom stereocenters. The second kappa shape index (κ2) is 7.72. The summed E-state index contributed by atoms with van der Waals surface area (Å²) >= 11 is 0. The van der Waals surface area contributed by atoms with E-state index in [0.29, 0.717) is 23.7 Å². The topological polar surface area (TPSA) is 59.8 Å². The number of rotatable bonds is 5. The molecule has 0 spiro atoms. The molecule has 1 aliphatic rings. The van der Waals surface area contributed by atoms with Crippen LogP contribution in [0.1, 0.15) is 55.0 Å². The lowest BCUT2D eigenvalue weighted by Gasteiger charge is -2.44. The van der Waals surface area contributed by atoms with E-state index in [1.807, 2.05) is 37.3 Å². The van der Waals surface area contributed by atoms with Gasteiger partial charge in [-0.2, -0.15) is 18.4 Å². The number of aromatic amines is 1. The van der Waals surface area contributed by atoms with Gasteiger partial charge in [0.2, 0.25) is 0 Å². The summed E-state index contributed by atoms with van der Waals surface area (Å²) in [5.41, 5.74) is -0.886. The maximum Gasteiger partial charge on any atom is 0.417 e. The van der Waals surface area contributed by atoms with E-state index in [4.69, 9.17) is 0 Å². The Balaban J connectivity index is 1.79. The van der Waals surface area contributed by atoms with Gasteiger partial charge in [-0.1, -0.05) is 49.4 Å². The molecular weight excluding hydrogens is 401 g/mol. The summed E-state index contributed by atoms with van der Waals surface area (Å²) in [5, 5.41) is 21.4. The number of H-pyrrole nitrogens is 1. The summed E-state index contributed by atoms with van der Waals surface area (Å²) in [5.74, 6) is 0. The normalized spacial score (nSPS) is 20.8. The number of alkyl halides is 3. The van der Waals surface area contributed by atoms with Crippen LogP contribution in [0.5, 0.6) is 0 Å². The molecule has 1 heterocycles. The summed E-state index contributed by atoms with van der Waals surface area (Å²) in [4.78, 5) is 2.95. The number of aryl methyl sites for hydroxylation is 1. The van der Waals surface area contributed by atoms with Crippen molar-refractivity contribution in [3.63, 3.8) is 0 Å². The molecule has 0 aliphatic heterocycles. The average Bonchev–Trinajstić information content (AvgIpc) is 3.09. The number of benzene rings is 2. The SMILES string of the molecule is CCC1(CC(O)(Cc2[nH]c3ccccc3c2C#N)C(F)(F)F)CCCc2ccccc21. The molecule has 1 aliphatic carbocycles. The molecular formula is C25H25F3N2O. The molecule has 3 nitrogen and oxygen atoms in total. The van der Waals surface area contributed by atoms with E-state index < -0.39 is 30.0 Å². The van der Waals surface area contributed by atoms with Crippen LogP contribution >= 0.6 is 0 Å². The fourth-order valence-corrected chi connectivity index (χ4v) is 5.26. The lowest BCUT2D eigenvalue weighted by atomic mass is 9.62. The van der Waals surface area contributed by atoms with Crippen LogP contribution in [-0.2, 0) is 18.3 Å². The van der Waals surface area contributed by atoms with Gasteiger partial charge in [-0.25, -0.2) is 0 Å². The van der Waals surface area contributed by atoms with E-state index in [1.165, 1.54) is 0 Å². The lowest BCUT2D eigenvalue weighted by Crippen LogP contribution is -2.52. The number of hydrogen-bond donors (Lipinski definition) is 2. The molecule has 2 aromatic carbocycles. The molecule has 2 atom stereocenters. The van der Waals surface area contributed by atoms with Crippen molar-refractivity contribution in [2.24, 2.45) is 0 Å².